The Bertz CT molecular complexity index is 1420. The predicted octanol–water partition coefficient (Wildman–Crippen LogP) is 5.94. The first-order valence-electron chi connectivity index (χ1n) is 11.0. The van der Waals surface area contributed by atoms with Gasteiger partial charge in [0.05, 0.1) is 11.8 Å². The Balaban J connectivity index is 1.54. The third-order valence-corrected chi connectivity index (χ3v) is 5.47. The van der Waals surface area contributed by atoms with Gasteiger partial charge in [-0.1, -0.05) is 65.7 Å². The summed E-state index contributed by atoms with van der Waals surface area (Å²) in [6, 6.07) is 25.2. The van der Waals surface area contributed by atoms with Gasteiger partial charge in [-0.15, -0.1) is 0 Å². The van der Waals surface area contributed by atoms with Gasteiger partial charge < -0.3 is 9.47 Å². The van der Waals surface area contributed by atoms with Gasteiger partial charge in [0.15, 0.2) is 6.10 Å². The Morgan fingerprint density at radius 3 is 2.57 bits per heavy atom. The zero-order valence-electron chi connectivity index (χ0n) is 19.2. The van der Waals surface area contributed by atoms with Crippen molar-refractivity contribution in [3.05, 3.63) is 107 Å². The summed E-state index contributed by atoms with van der Waals surface area (Å²) in [4.78, 5) is 25.3. The second-order valence-electron chi connectivity index (χ2n) is 7.91. The van der Waals surface area contributed by atoms with Gasteiger partial charge in [0.2, 0.25) is 0 Å². The van der Waals surface area contributed by atoms with Crippen LogP contribution in [0.5, 0.6) is 11.5 Å². The van der Waals surface area contributed by atoms with Crippen molar-refractivity contribution in [2.75, 3.05) is 0 Å². The number of benzene rings is 4. The van der Waals surface area contributed by atoms with Gasteiger partial charge in [0, 0.05) is 10.6 Å². The molecule has 0 aliphatic carbocycles. The fourth-order valence-corrected chi connectivity index (χ4v) is 3.66. The second-order valence-corrected chi connectivity index (χ2v) is 8.35. The lowest BCUT2D eigenvalue weighted by Gasteiger charge is -2.13. The lowest BCUT2D eigenvalue weighted by molar-refractivity contribution is -0.127. The van der Waals surface area contributed by atoms with Gasteiger partial charge in [-0.05, 0) is 61.0 Å². The number of amides is 1. The maximum absolute atomic E-state index is 12.8. The number of ether oxygens (including phenoxy) is 2. The molecule has 1 unspecified atom stereocenters. The SMILES string of the molecule is Cc1cccc(C(=O)Oc2ccc3ccccc3c2C=NNC(=O)C(C)Oc2cccc(Cl)c2)c1. The molecule has 1 N–H and O–H groups in total. The summed E-state index contributed by atoms with van der Waals surface area (Å²) in [7, 11) is 0. The molecule has 0 heterocycles. The number of esters is 1. The molecule has 1 amide bonds. The highest BCUT2D eigenvalue weighted by molar-refractivity contribution is 6.30. The van der Waals surface area contributed by atoms with Crippen molar-refractivity contribution in [3.8, 4) is 11.5 Å². The van der Waals surface area contributed by atoms with E-state index in [4.69, 9.17) is 21.1 Å². The molecule has 0 aromatic heterocycles. The molecule has 4 rings (SSSR count). The van der Waals surface area contributed by atoms with Gasteiger partial charge in [-0.3, -0.25) is 4.79 Å². The summed E-state index contributed by atoms with van der Waals surface area (Å²) in [5, 5.41) is 6.38. The fraction of sp³-hybridized carbons (Fsp3) is 0.107. The zero-order valence-corrected chi connectivity index (χ0v) is 20.0. The summed E-state index contributed by atoms with van der Waals surface area (Å²) in [6.45, 7) is 3.52. The Morgan fingerprint density at radius 2 is 1.77 bits per heavy atom. The molecule has 0 fully saturated rings. The fourth-order valence-electron chi connectivity index (χ4n) is 3.48. The van der Waals surface area contributed by atoms with Gasteiger partial charge >= 0.3 is 5.97 Å². The first-order valence-corrected chi connectivity index (χ1v) is 11.3. The number of carbonyl (C=O) groups excluding carboxylic acids is 2. The standard InChI is InChI=1S/C28H23ClN2O4/c1-18-7-5-9-21(15-18)28(33)35-26-14-13-20-8-3-4-12-24(20)25(26)17-30-31-27(32)19(2)34-23-11-6-10-22(29)16-23/h3-17,19H,1-2H3,(H,31,32). The Hall–Kier alpha value is -4.16. The van der Waals surface area contributed by atoms with Crippen molar-refractivity contribution < 1.29 is 19.1 Å². The summed E-state index contributed by atoms with van der Waals surface area (Å²) < 4.78 is 11.3. The van der Waals surface area contributed by atoms with Gasteiger partial charge in [-0.2, -0.15) is 5.10 Å². The molecule has 176 valence electrons. The van der Waals surface area contributed by atoms with Crippen LogP contribution in [0.4, 0.5) is 0 Å². The van der Waals surface area contributed by atoms with Gasteiger partial charge in [0.25, 0.3) is 5.91 Å². The van der Waals surface area contributed by atoms with Crippen LogP contribution in [0.15, 0.2) is 90.0 Å². The van der Waals surface area contributed by atoms with Crippen LogP contribution in [-0.2, 0) is 4.79 Å². The lowest BCUT2D eigenvalue weighted by Crippen LogP contribution is -2.33. The highest BCUT2D eigenvalue weighted by Crippen LogP contribution is 2.27. The molecule has 0 saturated carbocycles. The normalized spacial score (nSPS) is 11.9. The number of fused-ring (bicyclic) bond motifs is 1. The summed E-state index contributed by atoms with van der Waals surface area (Å²) >= 11 is 5.96. The topological polar surface area (TPSA) is 77.0 Å². The summed E-state index contributed by atoms with van der Waals surface area (Å²) in [5.74, 6) is -0.120. The third kappa shape index (κ3) is 6.05. The van der Waals surface area contributed by atoms with E-state index >= 15 is 0 Å². The van der Waals surface area contributed by atoms with E-state index in [0.29, 0.717) is 27.6 Å². The molecule has 1 atom stereocenters. The number of hydrazone groups is 1. The van der Waals surface area contributed by atoms with Crippen LogP contribution in [0, 0.1) is 6.92 Å². The minimum absolute atomic E-state index is 0.330. The highest BCUT2D eigenvalue weighted by atomic mass is 35.5. The first kappa shape index (κ1) is 24.0. The Morgan fingerprint density at radius 1 is 0.971 bits per heavy atom. The van der Waals surface area contributed by atoms with Crippen LogP contribution in [0.3, 0.4) is 0 Å². The number of carbonyl (C=O) groups is 2. The summed E-state index contributed by atoms with van der Waals surface area (Å²) in [5.41, 5.74) is 4.45. The van der Waals surface area contributed by atoms with Gasteiger partial charge in [-0.25, -0.2) is 10.2 Å². The zero-order chi connectivity index (χ0) is 24.8. The maximum atomic E-state index is 12.8. The van der Waals surface area contributed by atoms with Crippen LogP contribution in [0.25, 0.3) is 10.8 Å². The smallest absolute Gasteiger partial charge is 0.343 e. The van der Waals surface area contributed by atoms with Crippen molar-refractivity contribution in [3.63, 3.8) is 0 Å². The minimum atomic E-state index is -0.809. The van der Waals surface area contributed by atoms with Crippen LogP contribution in [0.1, 0.15) is 28.4 Å². The van der Waals surface area contributed by atoms with Gasteiger partial charge in [0.1, 0.15) is 11.5 Å². The van der Waals surface area contributed by atoms with E-state index in [0.717, 1.165) is 16.3 Å². The van der Waals surface area contributed by atoms with E-state index in [9.17, 15) is 9.59 Å². The third-order valence-electron chi connectivity index (χ3n) is 5.23. The summed E-state index contributed by atoms with van der Waals surface area (Å²) in [6.07, 6.45) is 0.655. The van der Waals surface area contributed by atoms with E-state index in [2.05, 4.69) is 10.5 Å². The maximum Gasteiger partial charge on any atom is 0.343 e. The molecule has 7 heteroatoms. The number of hydrogen-bond donors (Lipinski definition) is 1. The second kappa shape index (κ2) is 10.8. The molecular formula is C28H23ClN2O4. The molecule has 6 nitrogen and oxygen atoms in total. The van der Waals surface area contributed by atoms with Crippen LogP contribution < -0.4 is 14.9 Å². The van der Waals surface area contributed by atoms with E-state index in [-0.39, 0.29) is 0 Å². The van der Waals surface area contributed by atoms with E-state index in [1.807, 2.05) is 43.3 Å². The molecule has 0 aliphatic heterocycles. The van der Waals surface area contributed by atoms with E-state index in [1.54, 1.807) is 55.5 Å². The molecule has 35 heavy (non-hydrogen) atoms. The average Bonchev–Trinajstić information content (AvgIpc) is 2.85. The lowest BCUT2D eigenvalue weighted by atomic mass is 10.0. The van der Waals surface area contributed by atoms with Crippen molar-refractivity contribution >= 4 is 40.5 Å². The van der Waals surface area contributed by atoms with Crippen LogP contribution >= 0.6 is 11.6 Å². The van der Waals surface area contributed by atoms with Crippen molar-refractivity contribution in [2.45, 2.75) is 20.0 Å². The largest absolute Gasteiger partial charge is 0.481 e. The number of nitrogens with zero attached hydrogens (tertiary/aromatic N) is 1. The molecule has 4 aromatic rings. The molecule has 0 spiro atoms. The number of aryl methyl sites for hydroxylation is 1. The predicted molar refractivity (Wildman–Crippen MR) is 137 cm³/mol. The number of nitrogens with one attached hydrogen (secondary N) is 1. The number of halogens is 1. The Labute approximate surface area is 208 Å². The van der Waals surface area contributed by atoms with E-state index < -0.39 is 18.0 Å². The molecule has 4 aromatic carbocycles. The van der Waals surface area contributed by atoms with Crippen molar-refractivity contribution in [1.29, 1.82) is 0 Å². The minimum Gasteiger partial charge on any atom is -0.481 e. The van der Waals surface area contributed by atoms with Crippen molar-refractivity contribution in [1.82, 2.24) is 5.43 Å². The number of rotatable bonds is 7. The average molecular weight is 487 g/mol. The highest BCUT2D eigenvalue weighted by Gasteiger charge is 2.16. The quantitative estimate of drug-likeness (QED) is 0.152. The van der Waals surface area contributed by atoms with E-state index in [1.165, 1.54) is 6.21 Å². The van der Waals surface area contributed by atoms with Crippen molar-refractivity contribution in [2.24, 2.45) is 5.10 Å². The number of hydrogen-bond acceptors (Lipinski definition) is 5. The molecule has 0 aliphatic rings. The monoisotopic (exact) mass is 486 g/mol. The van der Waals surface area contributed by atoms with Crippen LogP contribution in [-0.4, -0.2) is 24.2 Å². The first-order chi connectivity index (χ1) is 16.9. The molecule has 0 radical (unpaired) electrons. The molecular weight excluding hydrogens is 464 g/mol. The molecule has 0 saturated heterocycles. The Kier molecular flexibility index (Phi) is 7.43. The molecule has 0 bridgehead atoms. The van der Waals surface area contributed by atoms with Crippen LogP contribution in [0.2, 0.25) is 5.02 Å².